The fraction of sp³-hybridized carbons (Fsp3) is 0.0952. The lowest BCUT2D eigenvalue weighted by atomic mass is 10.1. The van der Waals surface area contributed by atoms with Gasteiger partial charge in [0, 0.05) is 4.90 Å². The summed E-state index contributed by atoms with van der Waals surface area (Å²) in [5.74, 6) is 0.178. The highest BCUT2D eigenvalue weighted by molar-refractivity contribution is 7.90. The van der Waals surface area contributed by atoms with Gasteiger partial charge >= 0.3 is 6.09 Å². The van der Waals surface area contributed by atoms with E-state index in [0.717, 1.165) is 16.7 Å². The van der Waals surface area contributed by atoms with Crippen molar-refractivity contribution >= 4 is 28.7 Å². The van der Waals surface area contributed by atoms with E-state index in [1.54, 1.807) is 24.3 Å². The zero-order chi connectivity index (χ0) is 20.1. The van der Waals surface area contributed by atoms with Crippen molar-refractivity contribution in [2.75, 3.05) is 0 Å². The number of hydrogen-bond donors (Lipinski definition) is 2. The Bertz CT molecular complexity index is 1080. The predicted octanol–water partition coefficient (Wildman–Crippen LogP) is 4.35. The van der Waals surface area contributed by atoms with E-state index in [1.807, 2.05) is 48.0 Å². The lowest BCUT2D eigenvalue weighted by Gasteiger charge is -2.11. The van der Waals surface area contributed by atoms with Crippen molar-refractivity contribution < 1.29 is 17.9 Å². The maximum atomic E-state index is 12.3. The summed E-state index contributed by atoms with van der Waals surface area (Å²) in [6, 6.07) is 21.3. The Kier molecular flexibility index (Phi) is 6.06. The highest BCUT2D eigenvalue weighted by Crippen LogP contribution is 2.25. The van der Waals surface area contributed by atoms with Gasteiger partial charge in [-0.1, -0.05) is 54.1 Å². The van der Waals surface area contributed by atoms with Gasteiger partial charge in [-0.2, -0.15) is 0 Å². The molecule has 1 N–H and O–H groups in total. The van der Waals surface area contributed by atoms with Crippen LogP contribution in [-0.4, -0.2) is 14.5 Å². The van der Waals surface area contributed by atoms with Gasteiger partial charge in [-0.3, -0.25) is 0 Å². The second-order valence-electron chi connectivity index (χ2n) is 6.27. The molecule has 0 aromatic heterocycles. The molecular weight excluding hydrogens is 394 g/mol. The van der Waals surface area contributed by atoms with E-state index in [-0.39, 0.29) is 10.6 Å². The first-order valence-electron chi connectivity index (χ1n) is 8.50. The van der Waals surface area contributed by atoms with Crippen LogP contribution in [0.15, 0.2) is 82.6 Å². The highest BCUT2D eigenvalue weighted by Gasteiger charge is 2.19. The summed E-state index contributed by atoms with van der Waals surface area (Å²) in [6.45, 7) is 1.84. The molecule has 0 fully saturated rings. The van der Waals surface area contributed by atoms with Gasteiger partial charge in [0.2, 0.25) is 0 Å². The minimum absolute atomic E-state index is 0.0145. The third-order valence-electron chi connectivity index (χ3n) is 4.03. The molecular formula is C21H19NO4S2. The predicted molar refractivity (Wildman–Crippen MR) is 110 cm³/mol. The number of ether oxygens (including phenoxy) is 1. The Morgan fingerprint density at radius 2 is 1.64 bits per heavy atom. The number of sulfonamides is 1. The van der Waals surface area contributed by atoms with Gasteiger partial charge in [-0.05, 0) is 48.7 Å². The van der Waals surface area contributed by atoms with Gasteiger partial charge in [0.05, 0.1) is 4.90 Å². The number of nitrogens with one attached hydrogen (secondary N) is 1. The summed E-state index contributed by atoms with van der Waals surface area (Å²) in [5.41, 5.74) is 3.05. The Labute approximate surface area is 169 Å². The Morgan fingerprint density at radius 1 is 0.964 bits per heavy atom. The van der Waals surface area contributed by atoms with Crippen LogP contribution in [-0.2, 0) is 16.4 Å². The zero-order valence-corrected chi connectivity index (χ0v) is 16.8. The van der Waals surface area contributed by atoms with Crippen LogP contribution < -0.4 is 9.46 Å². The second-order valence-corrected chi connectivity index (χ2v) is 8.44. The maximum absolute atomic E-state index is 12.3. The van der Waals surface area contributed by atoms with Crippen LogP contribution in [0.5, 0.6) is 5.75 Å². The molecule has 0 heterocycles. The normalized spacial score (nSPS) is 11.1. The smallest absolute Gasteiger partial charge is 0.408 e. The van der Waals surface area contributed by atoms with Crippen LogP contribution in [0.1, 0.15) is 16.7 Å². The summed E-state index contributed by atoms with van der Waals surface area (Å²) in [5, 5.41) is 0. The first-order valence-corrected chi connectivity index (χ1v) is 10.4. The van der Waals surface area contributed by atoms with Crippen LogP contribution in [0.25, 0.3) is 0 Å². The summed E-state index contributed by atoms with van der Waals surface area (Å²) in [7, 11) is -4.01. The van der Waals surface area contributed by atoms with Crippen LogP contribution in [0.3, 0.4) is 0 Å². The molecule has 0 unspecified atom stereocenters. The minimum atomic E-state index is -4.01. The molecule has 0 aliphatic carbocycles. The lowest BCUT2D eigenvalue weighted by Crippen LogP contribution is -2.33. The lowest BCUT2D eigenvalue weighted by molar-refractivity contribution is 0.205. The Hall–Kier alpha value is -2.77. The van der Waals surface area contributed by atoms with Crippen molar-refractivity contribution in [3.63, 3.8) is 0 Å². The molecule has 7 heteroatoms. The number of thiol groups is 1. The third kappa shape index (κ3) is 5.15. The number of hydrogen-bond acceptors (Lipinski definition) is 5. The minimum Gasteiger partial charge on any atom is -0.408 e. The first-order chi connectivity index (χ1) is 13.3. The Balaban J connectivity index is 1.67. The first kappa shape index (κ1) is 20.0. The van der Waals surface area contributed by atoms with Gasteiger partial charge in [0.1, 0.15) is 5.75 Å². The van der Waals surface area contributed by atoms with Gasteiger partial charge in [0.15, 0.2) is 0 Å². The molecule has 3 aromatic rings. The molecule has 3 aromatic carbocycles. The Morgan fingerprint density at radius 3 is 2.29 bits per heavy atom. The molecule has 5 nitrogen and oxygen atoms in total. The van der Waals surface area contributed by atoms with Crippen LogP contribution >= 0.6 is 12.6 Å². The van der Waals surface area contributed by atoms with Crippen molar-refractivity contribution in [1.29, 1.82) is 0 Å². The molecule has 3 rings (SSSR count). The van der Waals surface area contributed by atoms with Crippen molar-refractivity contribution in [3.8, 4) is 5.75 Å². The van der Waals surface area contributed by atoms with Gasteiger partial charge in [0.25, 0.3) is 10.0 Å². The maximum Gasteiger partial charge on any atom is 0.426 e. The molecule has 144 valence electrons. The molecule has 0 spiro atoms. The van der Waals surface area contributed by atoms with Crippen molar-refractivity contribution in [2.45, 2.75) is 23.1 Å². The van der Waals surface area contributed by atoms with Gasteiger partial charge in [-0.25, -0.2) is 17.9 Å². The van der Waals surface area contributed by atoms with Gasteiger partial charge < -0.3 is 4.74 Å². The number of aryl methyl sites for hydroxylation is 1. The second kappa shape index (κ2) is 8.50. The largest absolute Gasteiger partial charge is 0.426 e. The molecule has 0 saturated carbocycles. The number of amides is 1. The molecule has 0 saturated heterocycles. The van der Waals surface area contributed by atoms with Crippen molar-refractivity contribution in [2.24, 2.45) is 0 Å². The summed E-state index contributed by atoms with van der Waals surface area (Å²) in [4.78, 5) is 12.5. The molecule has 1 amide bonds. The number of carbonyl (C=O) groups excluding carboxylic acids is 1. The zero-order valence-electron chi connectivity index (χ0n) is 15.1. The molecule has 28 heavy (non-hydrogen) atoms. The number of rotatable bonds is 5. The van der Waals surface area contributed by atoms with Crippen molar-refractivity contribution in [3.05, 3.63) is 89.5 Å². The van der Waals surface area contributed by atoms with Crippen LogP contribution in [0.2, 0.25) is 0 Å². The van der Waals surface area contributed by atoms with E-state index in [0.29, 0.717) is 11.3 Å². The third-order valence-corrected chi connectivity index (χ3v) is 5.70. The SMILES string of the molecule is Cc1ccc(S(=O)(=O)NC(=O)Oc2ccc(Cc3ccccc3)cc2S)cc1. The van der Waals surface area contributed by atoms with E-state index in [2.05, 4.69) is 12.6 Å². The number of carbonyl (C=O) groups is 1. The summed E-state index contributed by atoms with van der Waals surface area (Å²) < 4.78 is 31.5. The molecule has 0 bridgehead atoms. The molecule has 0 aliphatic heterocycles. The van der Waals surface area contributed by atoms with Gasteiger partial charge in [-0.15, -0.1) is 12.6 Å². The fourth-order valence-electron chi connectivity index (χ4n) is 2.60. The average Bonchev–Trinajstić information content (AvgIpc) is 2.65. The van der Waals surface area contributed by atoms with E-state index >= 15 is 0 Å². The van der Waals surface area contributed by atoms with Crippen LogP contribution in [0, 0.1) is 6.92 Å². The fourth-order valence-corrected chi connectivity index (χ4v) is 3.76. The van der Waals surface area contributed by atoms with E-state index in [4.69, 9.17) is 4.74 Å². The topological polar surface area (TPSA) is 72.5 Å². The van der Waals surface area contributed by atoms with E-state index in [1.165, 1.54) is 12.1 Å². The quantitative estimate of drug-likeness (QED) is 0.610. The van der Waals surface area contributed by atoms with E-state index in [9.17, 15) is 13.2 Å². The average molecular weight is 414 g/mol. The molecule has 0 radical (unpaired) electrons. The monoisotopic (exact) mass is 413 g/mol. The standard InChI is InChI=1S/C21H19NO4S2/c1-15-7-10-18(11-8-15)28(24,25)22-21(23)26-19-12-9-17(14-20(19)27)13-16-5-3-2-4-6-16/h2-12,14,27H,13H2,1H3,(H,22,23). The highest BCUT2D eigenvalue weighted by atomic mass is 32.2. The van der Waals surface area contributed by atoms with Crippen LogP contribution in [0.4, 0.5) is 4.79 Å². The molecule has 0 atom stereocenters. The number of benzene rings is 3. The summed E-state index contributed by atoms with van der Waals surface area (Å²) in [6.07, 6.45) is -0.380. The molecule has 0 aliphatic rings. The summed E-state index contributed by atoms with van der Waals surface area (Å²) >= 11 is 4.35. The van der Waals surface area contributed by atoms with Crippen molar-refractivity contribution in [1.82, 2.24) is 4.72 Å². The van der Waals surface area contributed by atoms with E-state index < -0.39 is 16.1 Å².